The predicted octanol–water partition coefficient (Wildman–Crippen LogP) is 3.33. The molecule has 130 valence electrons. The van der Waals surface area contributed by atoms with Crippen molar-refractivity contribution in [3.63, 3.8) is 0 Å². The van der Waals surface area contributed by atoms with E-state index in [1.54, 1.807) is 10.6 Å². The number of hydrogen-bond donors (Lipinski definition) is 2. The maximum Gasteiger partial charge on any atom is 0.354 e. The van der Waals surface area contributed by atoms with Gasteiger partial charge in [0.2, 0.25) is 0 Å². The number of aliphatic hydroxyl groups excluding tert-OH is 1. The normalized spacial score (nSPS) is 11.4. The molecule has 3 rings (SSSR count). The highest BCUT2D eigenvalue weighted by Gasteiger charge is 2.23. The van der Waals surface area contributed by atoms with Crippen LogP contribution < -0.4 is 0 Å². The van der Waals surface area contributed by atoms with Gasteiger partial charge in [0.25, 0.3) is 0 Å². The number of nitrogens with zero attached hydrogens (tertiary/aromatic N) is 3. The number of aryl methyl sites for hydroxylation is 2. The maximum atomic E-state index is 11.5. The van der Waals surface area contributed by atoms with Crippen LogP contribution in [0.4, 0.5) is 0 Å². The Labute approximate surface area is 145 Å². The second-order valence-electron chi connectivity index (χ2n) is 6.51. The Bertz CT molecular complexity index is 953. The molecule has 0 amide bonds. The van der Waals surface area contributed by atoms with E-state index in [2.05, 4.69) is 10.1 Å². The minimum Gasteiger partial charge on any atom is -0.477 e. The zero-order valence-corrected chi connectivity index (χ0v) is 14.7. The molecule has 0 aliphatic carbocycles. The molecule has 6 heteroatoms. The molecule has 2 N–H and O–H groups in total. The molecule has 25 heavy (non-hydrogen) atoms. The lowest BCUT2D eigenvalue weighted by molar-refractivity contribution is 0.0690. The zero-order valence-electron chi connectivity index (χ0n) is 14.7. The standard InChI is InChI=1S/C19H21N3O3/c1-10(2)15-8-13(19(24)25)20-18-17(14(9-23)21-22(15)18)16-11(3)6-5-7-12(16)4/h5-8,10,23H,9H2,1-4H3,(H,24,25). The van der Waals surface area contributed by atoms with E-state index >= 15 is 0 Å². The summed E-state index contributed by atoms with van der Waals surface area (Å²) >= 11 is 0. The Morgan fingerprint density at radius 1 is 1.20 bits per heavy atom. The first-order chi connectivity index (χ1) is 11.8. The summed E-state index contributed by atoms with van der Waals surface area (Å²) in [6.07, 6.45) is 0. The highest BCUT2D eigenvalue weighted by atomic mass is 16.4. The Morgan fingerprint density at radius 3 is 2.36 bits per heavy atom. The van der Waals surface area contributed by atoms with Crippen LogP contribution in [0.1, 0.15) is 52.8 Å². The van der Waals surface area contributed by atoms with Gasteiger partial charge in [0.05, 0.1) is 17.9 Å². The van der Waals surface area contributed by atoms with Gasteiger partial charge in [-0.1, -0.05) is 32.0 Å². The van der Waals surface area contributed by atoms with Gasteiger partial charge >= 0.3 is 5.97 Å². The first-order valence-electron chi connectivity index (χ1n) is 8.18. The first kappa shape index (κ1) is 17.1. The molecule has 6 nitrogen and oxygen atoms in total. The van der Waals surface area contributed by atoms with E-state index in [9.17, 15) is 15.0 Å². The van der Waals surface area contributed by atoms with E-state index in [4.69, 9.17) is 0 Å². The Morgan fingerprint density at radius 2 is 1.84 bits per heavy atom. The summed E-state index contributed by atoms with van der Waals surface area (Å²) in [4.78, 5) is 15.9. The monoisotopic (exact) mass is 339 g/mol. The van der Waals surface area contributed by atoms with Crippen LogP contribution in [-0.2, 0) is 6.61 Å². The van der Waals surface area contributed by atoms with Crippen molar-refractivity contribution in [2.75, 3.05) is 0 Å². The highest BCUT2D eigenvalue weighted by Crippen LogP contribution is 2.34. The average Bonchev–Trinajstić information content (AvgIpc) is 2.92. The second-order valence-corrected chi connectivity index (χ2v) is 6.51. The third kappa shape index (κ3) is 2.78. The molecule has 2 aromatic heterocycles. The molecule has 0 spiro atoms. The van der Waals surface area contributed by atoms with Gasteiger partial charge < -0.3 is 10.2 Å². The first-order valence-corrected chi connectivity index (χ1v) is 8.18. The number of carbonyl (C=O) groups is 1. The van der Waals surface area contributed by atoms with Crippen LogP contribution in [0, 0.1) is 13.8 Å². The van der Waals surface area contributed by atoms with Gasteiger partial charge in [0, 0.05) is 5.69 Å². The number of hydrogen-bond acceptors (Lipinski definition) is 4. The summed E-state index contributed by atoms with van der Waals surface area (Å²) < 4.78 is 1.66. The lowest BCUT2D eigenvalue weighted by Crippen LogP contribution is -2.09. The van der Waals surface area contributed by atoms with E-state index in [0.717, 1.165) is 22.4 Å². The van der Waals surface area contributed by atoms with Crippen molar-refractivity contribution in [2.45, 2.75) is 40.2 Å². The van der Waals surface area contributed by atoms with E-state index in [1.807, 2.05) is 45.9 Å². The van der Waals surface area contributed by atoms with Crippen molar-refractivity contribution >= 4 is 11.6 Å². The average molecular weight is 339 g/mol. The SMILES string of the molecule is Cc1cccc(C)c1-c1c(CO)nn2c(C(C)C)cc(C(=O)O)nc12. The lowest BCUT2D eigenvalue weighted by Gasteiger charge is -2.12. The molecular weight excluding hydrogens is 318 g/mol. The molecule has 0 aliphatic heterocycles. The summed E-state index contributed by atoms with van der Waals surface area (Å²) in [5.74, 6) is -1.02. The predicted molar refractivity (Wildman–Crippen MR) is 94.9 cm³/mol. The minimum atomic E-state index is -1.08. The fourth-order valence-corrected chi connectivity index (χ4v) is 3.18. The van der Waals surface area contributed by atoms with Gasteiger partial charge in [-0.15, -0.1) is 0 Å². The summed E-state index contributed by atoms with van der Waals surface area (Å²) in [6.45, 7) is 7.67. The van der Waals surface area contributed by atoms with Crippen LogP contribution >= 0.6 is 0 Å². The van der Waals surface area contributed by atoms with E-state index < -0.39 is 5.97 Å². The highest BCUT2D eigenvalue weighted by molar-refractivity contribution is 5.89. The van der Waals surface area contributed by atoms with Gasteiger partial charge in [-0.05, 0) is 42.5 Å². The molecule has 0 unspecified atom stereocenters. The van der Waals surface area contributed by atoms with Crippen LogP contribution in [0.15, 0.2) is 24.3 Å². The van der Waals surface area contributed by atoms with Crippen molar-refractivity contribution < 1.29 is 15.0 Å². The fraction of sp³-hybridized carbons (Fsp3) is 0.316. The largest absolute Gasteiger partial charge is 0.477 e. The molecule has 0 aliphatic rings. The Kier molecular flexibility index (Phi) is 4.30. The van der Waals surface area contributed by atoms with E-state index in [0.29, 0.717) is 16.9 Å². The molecule has 1 aromatic carbocycles. The number of rotatable bonds is 4. The molecule has 0 saturated heterocycles. The minimum absolute atomic E-state index is 0.0203. The zero-order chi connectivity index (χ0) is 18.3. The Hall–Kier alpha value is -2.73. The van der Waals surface area contributed by atoms with Crippen molar-refractivity contribution in [3.8, 4) is 11.1 Å². The molecule has 0 atom stereocenters. The summed E-state index contributed by atoms with van der Waals surface area (Å²) in [6, 6.07) is 7.48. The van der Waals surface area contributed by atoms with E-state index in [1.165, 1.54) is 0 Å². The third-order valence-corrected chi connectivity index (χ3v) is 4.38. The number of benzene rings is 1. The molecular formula is C19H21N3O3. The summed E-state index contributed by atoms with van der Waals surface area (Å²) in [7, 11) is 0. The van der Waals surface area contributed by atoms with Gasteiger partial charge in [-0.2, -0.15) is 5.10 Å². The van der Waals surface area contributed by atoms with E-state index in [-0.39, 0.29) is 18.2 Å². The maximum absolute atomic E-state index is 11.5. The summed E-state index contributed by atoms with van der Waals surface area (Å²) in [5, 5.41) is 23.8. The molecule has 0 fully saturated rings. The van der Waals surface area contributed by atoms with Gasteiger partial charge in [-0.3, -0.25) is 0 Å². The Balaban J connectivity index is 2.48. The van der Waals surface area contributed by atoms with Crippen molar-refractivity contribution in [1.29, 1.82) is 0 Å². The number of aromatic carboxylic acids is 1. The quantitative estimate of drug-likeness (QED) is 0.761. The molecule has 0 saturated carbocycles. The van der Waals surface area contributed by atoms with Crippen molar-refractivity contribution in [2.24, 2.45) is 0 Å². The molecule has 2 heterocycles. The van der Waals surface area contributed by atoms with Crippen LogP contribution in [0.25, 0.3) is 16.8 Å². The molecule has 3 aromatic rings. The van der Waals surface area contributed by atoms with Crippen LogP contribution in [-0.4, -0.2) is 30.8 Å². The smallest absolute Gasteiger partial charge is 0.354 e. The number of aliphatic hydroxyl groups is 1. The third-order valence-electron chi connectivity index (χ3n) is 4.38. The lowest BCUT2D eigenvalue weighted by atomic mass is 9.95. The van der Waals surface area contributed by atoms with Gasteiger partial charge in [0.1, 0.15) is 0 Å². The number of carboxylic acid groups (broad SMARTS) is 1. The topological polar surface area (TPSA) is 87.7 Å². The molecule has 0 bridgehead atoms. The number of carboxylic acids is 1. The van der Waals surface area contributed by atoms with Crippen LogP contribution in [0.2, 0.25) is 0 Å². The van der Waals surface area contributed by atoms with Crippen LogP contribution in [0.5, 0.6) is 0 Å². The van der Waals surface area contributed by atoms with Gasteiger partial charge in [-0.25, -0.2) is 14.3 Å². The fourth-order valence-electron chi connectivity index (χ4n) is 3.18. The van der Waals surface area contributed by atoms with Crippen molar-refractivity contribution in [3.05, 3.63) is 52.5 Å². The number of fused-ring (bicyclic) bond motifs is 1. The second kappa shape index (κ2) is 6.29. The van der Waals surface area contributed by atoms with Crippen molar-refractivity contribution in [1.82, 2.24) is 14.6 Å². The number of aromatic nitrogens is 3. The summed E-state index contributed by atoms with van der Waals surface area (Å²) in [5.41, 5.74) is 5.37. The van der Waals surface area contributed by atoms with Gasteiger partial charge in [0.15, 0.2) is 11.3 Å². The molecule has 0 radical (unpaired) electrons. The van der Waals surface area contributed by atoms with Crippen LogP contribution in [0.3, 0.4) is 0 Å².